The molecule has 2 aromatic rings. The van der Waals surface area contributed by atoms with E-state index < -0.39 is 18.6 Å². The Kier molecular flexibility index (Phi) is 5.35. The van der Waals surface area contributed by atoms with Gasteiger partial charge in [-0.2, -0.15) is 0 Å². The number of hydrogen-bond donors (Lipinski definition) is 4. The van der Waals surface area contributed by atoms with Crippen molar-refractivity contribution in [2.45, 2.75) is 0 Å². The Labute approximate surface area is 136 Å². The van der Waals surface area contributed by atoms with Gasteiger partial charge >= 0.3 is 6.09 Å². The van der Waals surface area contributed by atoms with Crippen molar-refractivity contribution in [2.75, 3.05) is 6.61 Å². The molecule has 2 rings (SSSR count). The summed E-state index contributed by atoms with van der Waals surface area (Å²) in [5.41, 5.74) is 4.10. The minimum Gasteiger partial charge on any atom is -0.507 e. The van der Waals surface area contributed by atoms with Crippen LogP contribution in [0.4, 0.5) is 4.79 Å². The molecule has 0 aliphatic heterocycles. The molecule has 0 atom stereocenters. The van der Waals surface area contributed by atoms with Crippen LogP contribution in [0.1, 0.15) is 15.9 Å². The minimum atomic E-state index is -1.41. The molecule has 0 heterocycles. The van der Waals surface area contributed by atoms with Crippen LogP contribution in [0.5, 0.6) is 11.5 Å². The Morgan fingerprint density at radius 1 is 1.00 bits per heavy atom. The molecule has 4 N–H and O–H groups in total. The van der Waals surface area contributed by atoms with E-state index in [1.165, 1.54) is 18.2 Å². The first-order valence-corrected chi connectivity index (χ1v) is 6.80. The lowest BCUT2D eigenvalue weighted by atomic mass is 10.0. The Morgan fingerprint density at radius 3 is 2.33 bits per heavy atom. The molecule has 0 fully saturated rings. The molecule has 0 aliphatic carbocycles. The molecule has 2 amide bonds. The summed E-state index contributed by atoms with van der Waals surface area (Å²) in [4.78, 5) is 33.8. The van der Waals surface area contributed by atoms with Gasteiger partial charge in [-0.15, -0.1) is 0 Å². The van der Waals surface area contributed by atoms with E-state index in [4.69, 9.17) is 9.84 Å². The largest absolute Gasteiger partial charge is 0.507 e. The highest BCUT2D eigenvalue weighted by Crippen LogP contribution is 2.25. The van der Waals surface area contributed by atoms with Crippen LogP contribution in [0, 0.1) is 0 Å². The maximum atomic E-state index is 12.3. The third-order valence-electron chi connectivity index (χ3n) is 2.93. The summed E-state index contributed by atoms with van der Waals surface area (Å²) in [7, 11) is 0. The van der Waals surface area contributed by atoms with Crippen LogP contribution < -0.4 is 15.6 Å². The van der Waals surface area contributed by atoms with Crippen LogP contribution in [0.15, 0.2) is 48.5 Å². The number of rotatable bonds is 5. The zero-order chi connectivity index (χ0) is 17.5. The summed E-state index contributed by atoms with van der Waals surface area (Å²) in [6, 6.07) is 12.5. The standard InChI is InChI=1S/C16H14N2O6/c19-13-8-11(24-9-14(20)17-18-16(22)23)6-7-12(13)15(21)10-4-2-1-3-5-10/h1-8,18-19H,9H2,(H,17,20)(H,22,23). The van der Waals surface area contributed by atoms with E-state index >= 15 is 0 Å². The number of ether oxygens (including phenoxy) is 1. The second-order valence-electron chi connectivity index (χ2n) is 4.64. The highest BCUT2D eigenvalue weighted by Gasteiger charge is 2.14. The number of phenols is 1. The summed E-state index contributed by atoms with van der Waals surface area (Å²) in [6.07, 6.45) is -1.41. The lowest BCUT2D eigenvalue weighted by Gasteiger charge is -2.09. The number of carbonyl (C=O) groups excluding carboxylic acids is 2. The predicted molar refractivity (Wildman–Crippen MR) is 82.8 cm³/mol. The predicted octanol–water partition coefficient (Wildman–Crippen LogP) is 1.30. The molecule has 124 valence electrons. The van der Waals surface area contributed by atoms with Gasteiger partial charge < -0.3 is 14.9 Å². The summed E-state index contributed by atoms with van der Waals surface area (Å²) in [5.74, 6) is -1.20. The Balaban J connectivity index is 2.01. The van der Waals surface area contributed by atoms with Gasteiger partial charge in [-0.25, -0.2) is 10.2 Å². The first kappa shape index (κ1) is 16.8. The molecule has 0 spiro atoms. The zero-order valence-corrected chi connectivity index (χ0v) is 12.4. The third-order valence-corrected chi connectivity index (χ3v) is 2.93. The molecule has 0 aliphatic rings. The van der Waals surface area contributed by atoms with Crippen molar-refractivity contribution in [1.29, 1.82) is 0 Å². The van der Waals surface area contributed by atoms with Crippen molar-refractivity contribution in [2.24, 2.45) is 0 Å². The number of carboxylic acid groups (broad SMARTS) is 1. The average molecular weight is 330 g/mol. The number of aromatic hydroxyl groups is 1. The van der Waals surface area contributed by atoms with Crippen LogP contribution >= 0.6 is 0 Å². The third kappa shape index (κ3) is 4.47. The summed E-state index contributed by atoms with van der Waals surface area (Å²) < 4.78 is 5.11. The maximum absolute atomic E-state index is 12.3. The van der Waals surface area contributed by atoms with E-state index in [-0.39, 0.29) is 22.8 Å². The molecule has 0 unspecified atom stereocenters. The highest BCUT2D eigenvalue weighted by molar-refractivity contribution is 6.10. The lowest BCUT2D eigenvalue weighted by Crippen LogP contribution is -2.43. The number of carbonyl (C=O) groups is 3. The molecule has 0 aromatic heterocycles. The molecule has 0 bridgehead atoms. The second kappa shape index (κ2) is 7.63. The molecule has 8 heteroatoms. The van der Waals surface area contributed by atoms with Gasteiger partial charge in [-0.1, -0.05) is 30.3 Å². The smallest absolute Gasteiger partial charge is 0.423 e. The van der Waals surface area contributed by atoms with Crippen molar-refractivity contribution in [1.82, 2.24) is 10.9 Å². The van der Waals surface area contributed by atoms with E-state index in [9.17, 15) is 19.5 Å². The van der Waals surface area contributed by atoms with E-state index in [1.807, 2.05) is 5.43 Å². The van der Waals surface area contributed by atoms with Crippen LogP contribution in [-0.2, 0) is 4.79 Å². The van der Waals surface area contributed by atoms with E-state index in [1.54, 1.807) is 35.8 Å². The Hall–Kier alpha value is -3.55. The fraction of sp³-hybridized carbons (Fsp3) is 0.0625. The number of nitrogens with one attached hydrogen (secondary N) is 2. The molecule has 0 saturated carbocycles. The fourth-order valence-electron chi connectivity index (χ4n) is 1.85. The van der Waals surface area contributed by atoms with E-state index in [0.29, 0.717) is 5.56 Å². The summed E-state index contributed by atoms with van der Waals surface area (Å²) >= 11 is 0. The molecular weight excluding hydrogens is 316 g/mol. The van der Waals surface area contributed by atoms with Gasteiger partial charge in [0, 0.05) is 11.6 Å². The number of phenolic OH excluding ortho intramolecular Hbond substituents is 1. The molecular formula is C16H14N2O6. The van der Waals surface area contributed by atoms with Crippen molar-refractivity contribution >= 4 is 17.8 Å². The van der Waals surface area contributed by atoms with Crippen LogP contribution in [0.25, 0.3) is 0 Å². The van der Waals surface area contributed by atoms with Crippen molar-refractivity contribution < 1.29 is 29.3 Å². The quantitative estimate of drug-likeness (QED) is 0.484. The first-order chi connectivity index (χ1) is 11.5. The Morgan fingerprint density at radius 2 is 1.71 bits per heavy atom. The van der Waals surface area contributed by atoms with Gasteiger partial charge in [0.2, 0.25) is 0 Å². The van der Waals surface area contributed by atoms with E-state index in [2.05, 4.69) is 0 Å². The molecule has 2 aromatic carbocycles. The van der Waals surface area contributed by atoms with Gasteiger partial charge in [-0.3, -0.25) is 15.0 Å². The van der Waals surface area contributed by atoms with Gasteiger partial charge in [0.05, 0.1) is 5.56 Å². The molecule has 0 radical (unpaired) electrons. The van der Waals surface area contributed by atoms with Crippen molar-refractivity contribution in [3.63, 3.8) is 0 Å². The number of benzene rings is 2. The summed E-state index contributed by atoms with van der Waals surface area (Å²) in [6.45, 7) is -0.467. The second-order valence-corrected chi connectivity index (χ2v) is 4.64. The van der Waals surface area contributed by atoms with E-state index in [0.717, 1.165) is 0 Å². The lowest BCUT2D eigenvalue weighted by molar-refractivity contribution is -0.123. The number of amides is 2. The van der Waals surface area contributed by atoms with Gasteiger partial charge in [0.25, 0.3) is 5.91 Å². The SMILES string of the molecule is O=C(O)NNC(=O)COc1ccc(C(=O)c2ccccc2)c(O)c1. The van der Waals surface area contributed by atoms with Crippen molar-refractivity contribution in [3.05, 3.63) is 59.7 Å². The monoisotopic (exact) mass is 330 g/mol. The maximum Gasteiger partial charge on any atom is 0.423 e. The topological polar surface area (TPSA) is 125 Å². The molecule has 24 heavy (non-hydrogen) atoms. The first-order valence-electron chi connectivity index (χ1n) is 6.80. The average Bonchev–Trinajstić information content (AvgIpc) is 2.58. The van der Waals surface area contributed by atoms with Crippen LogP contribution in [0.2, 0.25) is 0 Å². The summed E-state index contributed by atoms with van der Waals surface area (Å²) in [5, 5.41) is 18.3. The number of hydrogen-bond acceptors (Lipinski definition) is 5. The van der Waals surface area contributed by atoms with Gasteiger partial charge in [-0.05, 0) is 12.1 Å². The number of ketones is 1. The van der Waals surface area contributed by atoms with Gasteiger partial charge in [0.1, 0.15) is 11.5 Å². The van der Waals surface area contributed by atoms with Gasteiger partial charge in [0.15, 0.2) is 12.4 Å². The van der Waals surface area contributed by atoms with Crippen LogP contribution in [-0.4, -0.2) is 34.6 Å². The number of hydrazine groups is 1. The molecule has 0 saturated heterocycles. The molecule has 8 nitrogen and oxygen atoms in total. The zero-order valence-electron chi connectivity index (χ0n) is 12.4. The van der Waals surface area contributed by atoms with Crippen molar-refractivity contribution in [3.8, 4) is 11.5 Å². The fourth-order valence-corrected chi connectivity index (χ4v) is 1.85. The minimum absolute atomic E-state index is 0.102. The van der Waals surface area contributed by atoms with Crippen LogP contribution in [0.3, 0.4) is 0 Å². The Bertz CT molecular complexity index is 760. The normalized spacial score (nSPS) is 9.83. The highest BCUT2D eigenvalue weighted by atomic mass is 16.5.